The minimum absolute atomic E-state index is 0.104. The standard InChI is InChI=1S/C19H27ClN4O2S/c20-14-6-5-7-15(12-14)21-19(27)22-16-8-1-2-11-24(18(16)26)13-17(25)23-9-3-4-10-23/h5-7,12,16,18,26H,1-4,8-11,13H2,(H2,21,22,27). The maximum absolute atomic E-state index is 12.5. The van der Waals surface area contributed by atoms with Gasteiger partial charge in [-0.15, -0.1) is 0 Å². The number of amides is 1. The zero-order valence-corrected chi connectivity index (χ0v) is 16.9. The predicted octanol–water partition coefficient (Wildman–Crippen LogP) is 2.42. The van der Waals surface area contributed by atoms with Gasteiger partial charge in [0.25, 0.3) is 0 Å². The lowest BCUT2D eigenvalue weighted by Crippen LogP contribution is -2.53. The van der Waals surface area contributed by atoms with E-state index in [1.807, 2.05) is 21.9 Å². The number of benzene rings is 1. The predicted molar refractivity (Wildman–Crippen MR) is 112 cm³/mol. The van der Waals surface area contributed by atoms with Crippen LogP contribution in [0.1, 0.15) is 32.1 Å². The molecule has 2 aliphatic heterocycles. The first-order valence-electron chi connectivity index (χ1n) is 9.56. The summed E-state index contributed by atoms with van der Waals surface area (Å²) in [5, 5.41) is 18.2. The SMILES string of the molecule is O=C(CN1CCCCC(NC(=S)Nc2cccc(Cl)c2)C1O)N1CCCC1. The fourth-order valence-corrected chi connectivity index (χ4v) is 4.14. The van der Waals surface area contributed by atoms with Crippen molar-refractivity contribution in [3.05, 3.63) is 29.3 Å². The lowest BCUT2D eigenvalue weighted by molar-refractivity contribution is -0.134. The highest BCUT2D eigenvalue weighted by molar-refractivity contribution is 7.80. The molecule has 1 amide bonds. The highest BCUT2D eigenvalue weighted by Gasteiger charge is 2.31. The smallest absolute Gasteiger partial charge is 0.236 e. The molecule has 0 saturated carbocycles. The summed E-state index contributed by atoms with van der Waals surface area (Å²) in [4.78, 5) is 16.2. The molecule has 2 unspecified atom stereocenters. The highest BCUT2D eigenvalue weighted by Crippen LogP contribution is 2.18. The molecule has 6 nitrogen and oxygen atoms in total. The Balaban J connectivity index is 1.57. The number of nitrogens with one attached hydrogen (secondary N) is 2. The molecule has 0 aliphatic carbocycles. The van der Waals surface area contributed by atoms with E-state index in [0.717, 1.165) is 50.9 Å². The number of aliphatic hydroxyl groups is 1. The van der Waals surface area contributed by atoms with Gasteiger partial charge in [-0.2, -0.15) is 0 Å². The van der Waals surface area contributed by atoms with Gasteiger partial charge in [0, 0.05) is 30.3 Å². The molecule has 0 spiro atoms. The van der Waals surface area contributed by atoms with E-state index < -0.39 is 6.23 Å². The maximum atomic E-state index is 12.5. The summed E-state index contributed by atoms with van der Waals surface area (Å²) in [6.45, 7) is 2.64. The molecule has 2 heterocycles. The zero-order chi connectivity index (χ0) is 19.2. The first-order valence-corrected chi connectivity index (χ1v) is 10.3. The molecular weight excluding hydrogens is 384 g/mol. The number of carbonyl (C=O) groups is 1. The first-order chi connectivity index (χ1) is 13.0. The number of thiocarbonyl (C=S) groups is 1. The Morgan fingerprint density at radius 2 is 1.96 bits per heavy atom. The average molecular weight is 411 g/mol. The molecule has 1 aromatic carbocycles. The number of anilines is 1. The molecule has 2 fully saturated rings. The van der Waals surface area contributed by atoms with Crippen LogP contribution in [-0.2, 0) is 4.79 Å². The number of halogens is 1. The summed E-state index contributed by atoms with van der Waals surface area (Å²) in [5.41, 5.74) is 0.796. The molecule has 148 valence electrons. The number of likely N-dealkylation sites (tertiary alicyclic amines) is 2. The lowest BCUT2D eigenvalue weighted by Gasteiger charge is -2.32. The molecule has 2 saturated heterocycles. The molecule has 3 rings (SSSR count). The van der Waals surface area contributed by atoms with Gasteiger partial charge in [-0.05, 0) is 62.5 Å². The van der Waals surface area contributed by atoms with Crippen LogP contribution >= 0.6 is 23.8 Å². The van der Waals surface area contributed by atoms with Crippen molar-refractivity contribution in [3.63, 3.8) is 0 Å². The lowest BCUT2D eigenvalue weighted by atomic mass is 10.1. The van der Waals surface area contributed by atoms with Crippen molar-refractivity contribution >= 4 is 40.5 Å². The normalized spacial score (nSPS) is 23.7. The summed E-state index contributed by atoms with van der Waals surface area (Å²) < 4.78 is 0. The molecule has 1 aromatic rings. The topological polar surface area (TPSA) is 67.8 Å². The van der Waals surface area contributed by atoms with Gasteiger partial charge in [0.1, 0.15) is 6.23 Å². The van der Waals surface area contributed by atoms with Crippen LogP contribution in [0, 0.1) is 0 Å². The second kappa shape index (κ2) is 9.68. The van der Waals surface area contributed by atoms with Crippen molar-refractivity contribution in [2.75, 3.05) is 31.5 Å². The van der Waals surface area contributed by atoms with Gasteiger partial charge in [-0.1, -0.05) is 17.7 Å². The largest absolute Gasteiger partial charge is 0.376 e. The zero-order valence-electron chi connectivity index (χ0n) is 15.4. The van der Waals surface area contributed by atoms with Gasteiger partial charge in [0.2, 0.25) is 5.91 Å². The molecule has 3 N–H and O–H groups in total. The van der Waals surface area contributed by atoms with E-state index in [4.69, 9.17) is 23.8 Å². The van der Waals surface area contributed by atoms with E-state index in [0.29, 0.717) is 16.7 Å². The number of hydrogen-bond acceptors (Lipinski definition) is 4. The highest BCUT2D eigenvalue weighted by atomic mass is 35.5. The van der Waals surface area contributed by atoms with Gasteiger partial charge < -0.3 is 20.6 Å². The summed E-state index contributed by atoms with van der Waals surface area (Å²) in [6, 6.07) is 7.09. The Morgan fingerprint density at radius 1 is 1.22 bits per heavy atom. The van der Waals surface area contributed by atoms with Gasteiger partial charge >= 0.3 is 0 Å². The second-order valence-corrected chi connectivity index (χ2v) is 8.03. The fraction of sp³-hybridized carbons (Fsp3) is 0.579. The summed E-state index contributed by atoms with van der Waals surface area (Å²) in [5.74, 6) is 0.104. The van der Waals surface area contributed by atoms with E-state index >= 15 is 0 Å². The Labute approximate surface area is 170 Å². The van der Waals surface area contributed by atoms with E-state index in [2.05, 4.69) is 10.6 Å². The molecule has 2 atom stereocenters. The number of hydrogen-bond donors (Lipinski definition) is 3. The minimum Gasteiger partial charge on any atom is -0.376 e. The third-order valence-corrected chi connectivity index (χ3v) is 5.60. The minimum atomic E-state index is -0.752. The Hall–Kier alpha value is -1.41. The summed E-state index contributed by atoms with van der Waals surface area (Å²) in [7, 11) is 0. The van der Waals surface area contributed by atoms with Crippen LogP contribution in [0.4, 0.5) is 5.69 Å². The van der Waals surface area contributed by atoms with Crippen molar-refractivity contribution in [1.82, 2.24) is 15.1 Å². The van der Waals surface area contributed by atoms with E-state index in [9.17, 15) is 9.90 Å². The molecule has 27 heavy (non-hydrogen) atoms. The van der Waals surface area contributed by atoms with Crippen LogP contribution in [0.3, 0.4) is 0 Å². The third-order valence-electron chi connectivity index (χ3n) is 5.14. The monoisotopic (exact) mass is 410 g/mol. The summed E-state index contributed by atoms with van der Waals surface area (Å²) >= 11 is 11.4. The van der Waals surface area contributed by atoms with E-state index in [-0.39, 0.29) is 18.5 Å². The van der Waals surface area contributed by atoms with Gasteiger partial charge in [0.05, 0.1) is 12.6 Å². The van der Waals surface area contributed by atoms with E-state index in [1.54, 1.807) is 12.1 Å². The number of carbonyl (C=O) groups excluding carboxylic acids is 1. The van der Waals surface area contributed by atoms with Crippen molar-refractivity contribution in [2.24, 2.45) is 0 Å². The Morgan fingerprint density at radius 3 is 2.70 bits per heavy atom. The number of nitrogens with zero attached hydrogens (tertiary/aromatic N) is 2. The van der Waals surface area contributed by atoms with Crippen molar-refractivity contribution in [3.8, 4) is 0 Å². The van der Waals surface area contributed by atoms with Crippen molar-refractivity contribution in [1.29, 1.82) is 0 Å². The number of aliphatic hydroxyl groups excluding tert-OH is 1. The van der Waals surface area contributed by atoms with Crippen LogP contribution in [0.5, 0.6) is 0 Å². The Bertz CT molecular complexity index is 669. The molecule has 0 bridgehead atoms. The Kier molecular flexibility index (Phi) is 7.29. The average Bonchev–Trinajstić information content (AvgIpc) is 3.12. The molecule has 2 aliphatic rings. The third kappa shape index (κ3) is 5.78. The van der Waals surface area contributed by atoms with Crippen molar-refractivity contribution in [2.45, 2.75) is 44.4 Å². The maximum Gasteiger partial charge on any atom is 0.236 e. The number of rotatable bonds is 4. The van der Waals surface area contributed by atoms with Crippen LogP contribution in [0.25, 0.3) is 0 Å². The van der Waals surface area contributed by atoms with Crippen LogP contribution in [0.15, 0.2) is 24.3 Å². The van der Waals surface area contributed by atoms with Crippen LogP contribution < -0.4 is 10.6 Å². The quantitative estimate of drug-likeness (QED) is 0.662. The molecule has 0 radical (unpaired) electrons. The van der Waals surface area contributed by atoms with Gasteiger partial charge in [0.15, 0.2) is 5.11 Å². The molecular formula is C19H27ClN4O2S. The molecule has 8 heteroatoms. The summed E-state index contributed by atoms with van der Waals surface area (Å²) in [6.07, 6.45) is 4.12. The fourth-order valence-electron chi connectivity index (χ4n) is 3.68. The van der Waals surface area contributed by atoms with Crippen LogP contribution in [-0.4, -0.2) is 64.4 Å². The van der Waals surface area contributed by atoms with Crippen molar-refractivity contribution < 1.29 is 9.90 Å². The van der Waals surface area contributed by atoms with Gasteiger partial charge in [-0.25, -0.2) is 0 Å². The van der Waals surface area contributed by atoms with Gasteiger partial charge in [-0.3, -0.25) is 9.69 Å². The molecule has 0 aromatic heterocycles. The van der Waals surface area contributed by atoms with E-state index in [1.165, 1.54) is 0 Å². The second-order valence-electron chi connectivity index (χ2n) is 7.18. The van der Waals surface area contributed by atoms with Crippen LogP contribution in [0.2, 0.25) is 5.02 Å². The first kappa shape index (κ1) is 20.3.